The highest BCUT2D eigenvalue weighted by Crippen LogP contribution is 2.18. The summed E-state index contributed by atoms with van der Waals surface area (Å²) >= 11 is 0. The molecule has 1 atom stereocenters. The zero-order chi connectivity index (χ0) is 15.2. The summed E-state index contributed by atoms with van der Waals surface area (Å²) in [5, 5.41) is 10.7. The molecular weight excluding hydrogens is 268 g/mol. The molecule has 0 aliphatic heterocycles. The molecule has 2 aromatic rings. The molecule has 0 saturated carbocycles. The third kappa shape index (κ3) is 4.57. The summed E-state index contributed by atoms with van der Waals surface area (Å²) in [6.07, 6.45) is 0.786. The minimum Gasteiger partial charge on any atom is -0.489 e. The van der Waals surface area contributed by atoms with E-state index in [1.807, 2.05) is 31.2 Å². The number of nitrogens with two attached hydrogens (primary N) is 1. The van der Waals surface area contributed by atoms with Gasteiger partial charge in [0.2, 0.25) is 0 Å². The van der Waals surface area contributed by atoms with Crippen LogP contribution in [0.3, 0.4) is 0 Å². The molecule has 1 unspecified atom stereocenters. The molecule has 2 rings (SSSR count). The van der Waals surface area contributed by atoms with Gasteiger partial charge in [-0.15, -0.1) is 0 Å². The lowest BCUT2D eigenvalue weighted by Crippen LogP contribution is -2.17. The smallest absolute Gasteiger partial charge is 0.269 e. The van der Waals surface area contributed by atoms with Crippen LogP contribution in [0.25, 0.3) is 0 Å². The number of hydrogen-bond acceptors (Lipinski definition) is 4. The Balaban J connectivity index is 2.02. The van der Waals surface area contributed by atoms with Gasteiger partial charge in [0.15, 0.2) is 0 Å². The third-order valence-corrected chi connectivity index (χ3v) is 2.98. The van der Waals surface area contributed by atoms with E-state index in [0.717, 1.165) is 23.3 Å². The monoisotopic (exact) mass is 286 g/mol. The zero-order valence-corrected chi connectivity index (χ0v) is 11.9. The largest absolute Gasteiger partial charge is 0.489 e. The van der Waals surface area contributed by atoms with E-state index >= 15 is 0 Å². The van der Waals surface area contributed by atoms with E-state index in [1.54, 1.807) is 12.1 Å². The number of nitro groups is 1. The van der Waals surface area contributed by atoms with Gasteiger partial charge >= 0.3 is 0 Å². The lowest BCUT2D eigenvalue weighted by atomic mass is 10.1. The molecule has 2 aromatic carbocycles. The van der Waals surface area contributed by atoms with E-state index in [-0.39, 0.29) is 11.7 Å². The van der Waals surface area contributed by atoms with Crippen molar-refractivity contribution in [1.29, 1.82) is 0 Å². The van der Waals surface area contributed by atoms with Crippen LogP contribution in [0.2, 0.25) is 0 Å². The van der Waals surface area contributed by atoms with Crippen molar-refractivity contribution >= 4 is 5.69 Å². The Morgan fingerprint density at radius 3 is 2.62 bits per heavy atom. The minimum absolute atomic E-state index is 0.0711. The van der Waals surface area contributed by atoms with Crippen LogP contribution in [-0.4, -0.2) is 11.0 Å². The lowest BCUT2D eigenvalue weighted by molar-refractivity contribution is -0.384. The maximum Gasteiger partial charge on any atom is 0.269 e. The van der Waals surface area contributed by atoms with Gasteiger partial charge in [-0.3, -0.25) is 10.1 Å². The molecule has 5 heteroatoms. The van der Waals surface area contributed by atoms with E-state index in [2.05, 4.69) is 0 Å². The Morgan fingerprint density at radius 1 is 1.19 bits per heavy atom. The minimum atomic E-state index is -0.410. The Hall–Kier alpha value is -2.40. The number of nitro benzene ring substituents is 1. The van der Waals surface area contributed by atoms with Crippen LogP contribution in [0.4, 0.5) is 5.69 Å². The first-order valence-electron chi connectivity index (χ1n) is 6.75. The van der Waals surface area contributed by atoms with Crippen molar-refractivity contribution in [3.05, 3.63) is 69.8 Å². The van der Waals surface area contributed by atoms with Crippen LogP contribution < -0.4 is 10.5 Å². The first kappa shape index (κ1) is 15.0. The molecule has 0 spiro atoms. The van der Waals surface area contributed by atoms with Gasteiger partial charge in [-0.1, -0.05) is 24.3 Å². The molecule has 0 saturated heterocycles. The maximum atomic E-state index is 10.7. The van der Waals surface area contributed by atoms with Crippen molar-refractivity contribution in [3.8, 4) is 5.75 Å². The van der Waals surface area contributed by atoms with Crippen LogP contribution in [0.15, 0.2) is 48.5 Å². The molecule has 110 valence electrons. The standard InChI is InChI=1S/C16H18N2O3/c1-12(17)8-13-4-3-7-16(10-13)21-11-14-5-2-6-15(9-14)18(19)20/h2-7,9-10,12H,8,11,17H2,1H3. The molecule has 0 heterocycles. The number of hydrogen-bond donors (Lipinski definition) is 1. The molecule has 0 aliphatic carbocycles. The lowest BCUT2D eigenvalue weighted by Gasteiger charge is -2.09. The zero-order valence-electron chi connectivity index (χ0n) is 11.9. The average molecular weight is 286 g/mol. The van der Waals surface area contributed by atoms with Crippen LogP contribution in [0, 0.1) is 10.1 Å². The Morgan fingerprint density at radius 2 is 1.90 bits per heavy atom. The highest BCUT2D eigenvalue weighted by atomic mass is 16.6. The Kier molecular flexibility index (Phi) is 4.90. The second kappa shape index (κ2) is 6.85. The number of rotatable bonds is 6. The Bertz CT molecular complexity index is 626. The predicted molar refractivity (Wildman–Crippen MR) is 81.2 cm³/mol. The number of benzene rings is 2. The summed E-state index contributed by atoms with van der Waals surface area (Å²) in [7, 11) is 0. The summed E-state index contributed by atoms with van der Waals surface area (Å²) in [5.74, 6) is 0.736. The summed E-state index contributed by atoms with van der Waals surface area (Å²) < 4.78 is 5.69. The highest BCUT2D eigenvalue weighted by Gasteiger charge is 2.06. The van der Waals surface area contributed by atoms with Gasteiger partial charge in [0.1, 0.15) is 12.4 Å². The van der Waals surface area contributed by atoms with Crippen LogP contribution in [0.5, 0.6) is 5.75 Å². The molecule has 0 amide bonds. The van der Waals surface area contributed by atoms with Crippen molar-refractivity contribution in [1.82, 2.24) is 0 Å². The normalized spacial score (nSPS) is 11.9. The van der Waals surface area contributed by atoms with E-state index < -0.39 is 4.92 Å². The van der Waals surface area contributed by atoms with E-state index in [0.29, 0.717) is 6.61 Å². The van der Waals surface area contributed by atoms with Crippen LogP contribution >= 0.6 is 0 Å². The summed E-state index contributed by atoms with van der Waals surface area (Å²) in [6, 6.07) is 14.3. The quantitative estimate of drug-likeness (QED) is 0.654. The van der Waals surface area contributed by atoms with Gasteiger partial charge in [-0.2, -0.15) is 0 Å². The van der Waals surface area contributed by atoms with Gasteiger partial charge in [-0.25, -0.2) is 0 Å². The maximum absolute atomic E-state index is 10.7. The molecule has 0 fully saturated rings. The van der Waals surface area contributed by atoms with Crippen molar-refractivity contribution in [2.45, 2.75) is 26.0 Å². The van der Waals surface area contributed by atoms with Crippen LogP contribution in [-0.2, 0) is 13.0 Å². The van der Waals surface area contributed by atoms with Gasteiger partial charge in [-0.05, 0) is 36.6 Å². The summed E-state index contributed by atoms with van der Waals surface area (Å²) in [5.41, 5.74) is 7.73. The molecule has 0 aliphatic rings. The summed E-state index contributed by atoms with van der Waals surface area (Å²) in [6.45, 7) is 2.25. The van der Waals surface area contributed by atoms with E-state index in [1.165, 1.54) is 12.1 Å². The second-order valence-electron chi connectivity index (χ2n) is 5.04. The van der Waals surface area contributed by atoms with Crippen molar-refractivity contribution in [3.63, 3.8) is 0 Å². The average Bonchev–Trinajstić information content (AvgIpc) is 2.45. The first-order valence-corrected chi connectivity index (χ1v) is 6.75. The number of ether oxygens (including phenoxy) is 1. The molecular formula is C16H18N2O3. The highest BCUT2D eigenvalue weighted by molar-refractivity contribution is 5.34. The summed E-state index contributed by atoms with van der Waals surface area (Å²) in [4.78, 5) is 10.3. The van der Waals surface area contributed by atoms with E-state index in [9.17, 15) is 10.1 Å². The fourth-order valence-corrected chi connectivity index (χ4v) is 2.06. The number of nitrogens with zero attached hydrogens (tertiary/aromatic N) is 1. The second-order valence-corrected chi connectivity index (χ2v) is 5.04. The molecule has 0 radical (unpaired) electrons. The number of non-ortho nitro benzene ring substituents is 1. The molecule has 5 nitrogen and oxygen atoms in total. The van der Waals surface area contributed by atoms with Crippen molar-refractivity contribution in [2.24, 2.45) is 5.73 Å². The van der Waals surface area contributed by atoms with Gasteiger partial charge < -0.3 is 10.5 Å². The van der Waals surface area contributed by atoms with Gasteiger partial charge in [0, 0.05) is 18.2 Å². The first-order chi connectivity index (χ1) is 10.0. The third-order valence-electron chi connectivity index (χ3n) is 2.98. The SMILES string of the molecule is CC(N)Cc1cccc(OCc2cccc([N+](=O)[O-])c2)c1. The van der Waals surface area contributed by atoms with Gasteiger partial charge in [0.25, 0.3) is 5.69 Å². The Labute approximate surface area is 123 Å². The fraction of sp³-hybridized carbons (Fsp3) is 0.250. The van der Waals surface area contributed by atoms with Crippen molar-refractivity contribution < 1.29 is 9.66 Å². The predicted octanol–water partition coefficient (Wildman–Crippen LogP) is 3.06. The van der Waals surface area contributed by atoms with Gasteiger partial charge in [0.05, 0.1) is 4.92 Å². The molecule has 0 bridgehead atoms. The molecule has 0 aromatic heterocycles. The fourth-order valence-electron chi connectivity index (χ4n) is 2.06. The molecule has 2 N–H and O–H groups in total. The van der Waals surface area contributed by atoms with Crippen LogP contribution in [0.1, 0.15) is 18.1 Å². The van der Waals surface area contributed by atoms with E-state index in [4.69, 9.17) is 10.5 Å². The molecule has 21 heavy (non-hydrogen) atoms. The topological polar surface area (TPSA) is 78.4 Å². The van der Waals surface area contributed by atoms with Crippen molar-refractivity contribution in [2.75, 3.05) is 0 Å².